The van der Waals surface area contributed by atoms with Crippen LogP contribution in [0.1, 0.15) is 19.3 Å². The van der Waals surface area contributed by atoms with Crippen molar-refractivity contribution in [3.63, 3.8) is 0 Å². The second-order valence-corrected chi connectivity index (χ2v) is 4.16. The van der Waals surface area contributed by atoms with Crippen molar-refractivity contribution < 1.29 is 9.90 Å². The largest absolute Gasteiger partial charge is 0.481 e. The lowest BCUT2D eigenvalue weighted by molar-refractivity contribution is -0.137. The topological polar surface area (TPSA) is 80.0 Å². The van der Waals surface area contributed by atoms with Crippen LogP contribution in [0.2, 0.25) is 0 Å². The van der Waals surface area contributed by atoms with Crippen LogP contribution in [-0.4, -0.2) is 32.2 Å². The van der Waals surface area contributed by atoms with E-state index < -0.39 is 5.97 Å². The smallest absolute Gasteiger partial charge is 0.303 e. The molecule has 96 valence electrons. The molecule has 0 bridgehead atoms. The number of hydrogen-bond acceptors (Lipinski definition) is 4. The highest BCUT2D eigenvalue weighted by Crippen LogP contribution is 2.18. The zero-order valence-corrected chi connectivity index (χ0v) is 10.3. The first-order chi connectivity index (χ1) is 8.68. The van der Waals surface area contributed by atoms with Crippen molar-refractivity contribution in [1.82, 2.24) is 14.5 Å². The van der Waals surface area contributed by atoms with Gasteiger partial charge in [-0.3, -0.25) is 4.79 Å². The molecule has 0 saturated carbocycles. The van der Waals surface area contributed by atoms with E-state index in [9.17, 15) is 4.79 Å². The van der Waals surface area contributed by atoms with E-state index in [4.69, 9.17) is 5.11 Å². The van der Waals surface area contributed by atoms with Gasteiger partial charge in [0.1, 0.15) is 5.52 Å². The summed E-state index contributed by atoms with van der Waals surface area (Å²) < 4.78 is 1.94. The number of nitrogens with one attached hydrogen (secondary N) is 1. The number of carboxylic acid groups (broad SMARTS) is 1. The average molecular weight is 248 g/mol. The Hall–Kier alpha value is -2.11. The van der Waals surface area contributed by atoms with Crippen molar-refractivity contribution in [2.45, 2.75) is 19.3 Å². The van der Waals surface area contributed by atoms with Gasteiger partial charge in [-0.1, -0.05) is 0 Å². The van der Waals surface area contributed by atoms with Gasteiger partial charge in [0, 0.05) is 26.2 Å². The van der Waals surface area contributed by atoms with Gasteiger partial charge in [0.25, 0.3) is 0 Å². The zero-order chi connectivity index (χ0) is 13.0. The maximum absolute atomic E-state index is 10.4. The van der Waals surface area contributed by atoms with Crippen LogP contribution in [0.4, 0.5) is 5.82 Å². The van der Waals surface area contributed by atoms with Gasteiger partial charge in [0.2, 0.25) is 0 Å². The summed E-state index contributed by atoms with van der Waals surface area (Å²) in [6, 6.07) is 1.91. The number of fused-ring (bicyclic) bond motifs is 1. The number of hydrogen-bond donors (Lipinski definition) is 2. The van der Waals surface area contributed by atoms with E-state index in [0.717, 1.165) is 23.3 Å². The number of aromatic nitrogens is 3. The SMILES string of the molecule is Cn1cnc2c(NCCCCC(=O)O)nccc21. The predicted octanol–water partition coefficient (Wildman–Crippen LogP) is 1.64. The lowest BCUT2D eigenvalue weighted by Gasteiger charge is -2.05. The number of imidazole rings is 1. The van der Waals surface area contributed by atoms with Crippen LogP contribution in [0.5, 0.6) is 0 Å². The Labute approximate surface area is 105 Å². The van der Waals surface area contributed by atoms with E-state index in [1.54, 1.807) is 12.5 Å². The normalized spacial score (nSPS) is 10.7. The first kappa shape index (κ1) is 12.3. The molecule has 0 unspecified atom stereocenters. The number of aryl methyl sites for hydroxylation is 1. The highest BCUT2D eigenvalue weighted by Gasteiger charge is 2.05. The van der Waals surface area contributed by atoms with Gasteiger partial charge in [-0.05, 0) is 18.9 Å². The third-order valence-corrected chi connectivity index (χ3v) is 2.75. The summed E-state index contributed by atoms with van der Waals surface area (Å²) in [5, 5.41) is 11.7. The molecule has 0 aromatic carbocycles. The molecule has 2 rings (SSSR count). The van der Waals surface area contributed by atoms with Gasteiger partial charge >= 0.3 is 5.97 Å². The summed E-state index contributed by atoms with van der Waals surface area (Å²) >= 11 is 0. The minimum absolute atomic E-state index is 0.211. The van der Waals surface area contributed by atoms with Crippen molar-refractivity contribution in [3.05, 3.63) is 18.6 Å². The molecule has 2 N–H and O–H groups in total. The van der Waals surface area contributed by atoms with Gasteiger partial charge in [0.05, 0.1) is 11.8 Å². The number of pyridine rings is 1. The molecule has 0 atom stereocenters. The number of carbonyl (C=O) groups is 1. The molecular weight excluding hydrogens is 232 g/mol. The number of carboxylic acids is 1. The quantitative estimate of drug-likeness (QED) is 0.759. The Bertz CT molecular complexity index is 550. The van der Waals surface area contributed by atoms with Gasteiger partial charge in [-0.15, -0.1) is 0 Å². The molecule has 6 nitrogen and oxygen atoms in total. The van der Waals surface area contributed by atoms with E-state index in [-0.39, 0.29) is 6.42 Å². The lowest BCUT2D eigenvalue weighted by atomic mass is 10.2. The lowest BCUT2D eigenvalue weighted by Crippen LogP contribution is -2.05. The molecule has 0 spiro atoms. The molecule has 0 amide bonds. The molecule has 2 heterocycles. The fourth-order valence-electron chi connectivity index (χ4n) is 1.80. The number of nitrogens with zero attached hydrogens (tertiary/aromatic N) is 3. The Morgan fingerprint density at radius 3 is 3.06 bits per heavy atom. The maximum Gasteiger partial charge on any atom is 0.303 e. The highest BCUT2D eigenvalue weighted by molar-refractivity contribution is 5.85. The van der Waals surface area contributed by atoms with Crippen LogP contribution in [0.15, 0.2) is 18.6 Å². The molecule has 0 fully saturated rings. The minimum atomic E-state index is -0.750. The van der Waals surface area contributed by atoms with Crippen molar-refractivity contribution in [3.8, 4) is 0 Å². The number of aliphatic carboxylic acids is 1. The molecule has 0 aliphatic heterocycles. The van der Waals surface area contributed by atoms with Crippen molar-refractivity contribution in [2.24, 2.45) is 7.05 Å². The number of anilines is 1. The molecule has 2 aromatic heterocycles. The second-order valence-electron chi connectivity index (χ2n) is 4.16. The van der Waals surface area contributed by atoms with Crippen LogP contribution < -0.4 is 5.32 Å². The van der Waals surface area contributed by atoms with E-state index in [1.807, 2.05) is 17.7 Å². The fraction of sp³-hybridized carbons (Fsp3) is 0.417. The summed E-state index contributed by atoms with van der Waals surface area (Å²) in [4.78, 5) is 18.9. The van der Waals surface area contributed by atoms with Crippen molar-refractivity contribution in [1.29, 1.82) is 0 Å². The first-order valence-electron chi connectivity index (χ1n) is 5.90. The van der Waals surface area contributed by atoms with Gasteiger partial charge < -0.3 is 15.0 Å². The third-order valence-electron chi connectivity index (χ3n) is 2.75. The Morgan fingerprint density at radius 1 is 1.44 bits per heavy atom. The Balaban J connectivity index is 1.93. The Kier molecular flexibility index (Phi) is 3.76. The summed E-state index contributed by atoms with van der Waals surface area (Å²) in [6.45, 7) is 0.704. The monoisotopic (exact) mass is 248 g/mol. The molecule has 0 aliphatic carbocycles. The minimum Gasteiger partial charge on any atom is -0.481 e. The molecule has 2 aromatic rings. The maximum atomic E-state index is 10.4. The van der Waals surface area contributed by atoms with Crippen LogP contribution >= 0.6 is 0 Å². The molecule has 0 radical (unpaired) electrons. The second kappa shape index (κ2) is 5.48. The van der Waals surface area contributed by atoms with Crippen molar-refractivity contribution >= 4 is 22.8 Å². The van der Waals surface area contributed by atoms with E-state index in [1.165, 1.54) is 0 Å². The van der Waals surface area contributed by atoms with E-state index in [0.29, 0.717) is 13.0 Å². The van der Waals surface area contributed by atoms with Crippen LogP contribution in [0.3, 0.4) is 0 Å². The van der Waals surface area contributed by atoms with Gasteiger partial charge in [-0.25, -0.2) is 9.97 Å². The number of unbranched alkanes of at least 4 members (excludes halogenated alkanes) is 1. The number of rotatable bonds is 6. The first-order valence-corrected chi connectivity index (χ1v) is 5.90. The average Bonchev–Trinajstić information content (AvgIpc) is 2.71. The standard InChI is InChI=1S/C12H16N4O2/c1-16-8-15-11-9(16)5-7-14-12(11)13-6-3-2-4-10(17)18/h5,7-8H,2-4,6H2,1H3,(H,13,14)(H,17,18). The summed E-state index contributed by atoms with van der Waals surface area (Å²) in [5.41, 5.74) is 1.87. The Morgan fingerprint density at radius 2 is 2.28 bits per heavy atom. The highest BCUT2D eigenvalue weighted by atomic mass is 16.4. The van der Waals surface area contributed by atoms with E-state index >= 15 is 0 Å². The van der Waals surface area contributed by atoms with Gasteiger partial charge in [-0.2, -0.15) is 0 Å². The van der Waals surface area contributed by atoms with Crippen LogP contribution in [0.25, 0.3) is 11.0 Å². The van der Waals surface area contributed by atoms with Crippen molar-refractivity contribution in [2.75, 3.05) is 11.9 Å². The van der Waals surface area contributed by atoms with Crippen LogP contribution in [0, 0.1) is 0 Å². The molecular formula is C12H16N4O2. The molecule has 18 heavy (non-hydrogen) atoms. The molecule has 6 heteroatoms. The zero-order valence-electron chi connectivity index (χ0n) is 10.3. The molecule has 0 saturated heterocycles. The summed E-state index contributed by atoms with van der Waals surface area (Å²) in [7, 11) is 1.94. The summed E-state index contributed by atoms with van der Waals surface area (Å²) in [6.07, 6.45) is 5.17. The van der Waals surface area contributed by atoms with Crippen LogP contribution in [-0.2, 0) is 11.8 Å². The van der Waals surface area contributed by atoms with E-state index in [2.05, 4.69) is 15.3 Å². The predicted molar refractivity (Wildman–Crippen MR) is 68.5 cm³/mol. The van der Waals surface area contributed by atoms with Gasteiger partial charge in [0.15, 0.2) is 5.82 Å². The third kappa shape index (κ3) is 2.77. The fourth-order valence-corrected chi connectivity index (χ4v) is 1.80. The molecule has 0 aliphatic rings. The summed E-state index contributed by atoms with van der Waals surface area (Å²) in [5.74, 6) is 0.00313.